The van der Waals surface area contributed by atoms with Crippen LogP contribution in [0.2, 0.25) is 0 Å². The summed E-state index contributed by atoms with van der Waals surface area (Å²) in [6.45, 7) is 0. The van der Waals surface area contributed by atoms with E-state index in [1.807, 2.05) is 0 Å². The first-order valence-electron chi connectivity index (χ1n) is 4.05. The molecule has 2 N–H and O–H groups in total. The van der Waals surface area contributed by atoms with E-state index in [-0.39, 0.29) is 16.2 Å². The van der Waals surface area contributed by atoms with Crippen LogP contribution in [0.5, 0.6) is 0 Å². The highest BCUT2D eigenvalue weighted by molar-refractivity contribution is 9.10. The van der Waals surface area contributed by atoms with Crippen LogP contribution < -0.4 is 9.44 Å². The summed E-state index contributed by atoms with van der Waals surface area (Å²) in [5.41, 5.74) is 0. The number of sulfonamides is 2. The minimum Gasteiger partial charge on any atom is -0.264 e. The van der Waals surface area contributed by atoms with Gasteiger partial charge in [-0.2, -0.15) is 0 Å². The summed E-state index contributed by atoms with van der Waals surface area (Å²) in [5.74, 6) is -0.395. The van der Waals surface area contributed by atoms with Crippen molar-refractivity contribution in [3.05, 3.63) is 10.8 Å². The van der Waals surface area contributed by atoms with Crippen molar-refractivity contribution in [3.63, 3.8) is 0 Å². The van der Waals surface area contributed by atoms with Gasteiger partial charge in [0.25, 0.3) is 0 Å². The van der Waals surface area contributed by atoms with Crippen LogP contribution >= 0.6 is 15.9 Å². The molecule has 17 heavy (non-hydrogen) atoms. The maximum atomic E-state index is 11.1. The van der Waals surface area contributed by atoms with E-state index in [0.29, 0.717) is 0 Å². The first kappa shape index (κ1) is 14.1. The second-order valence-electron chi connectivity index (χ2n) is 3.14. The predicted molar refractivity (Wildman–Crippen MR) is 66.7 cm³/mol. The zero-order valence-electron chi connectivity index (χ0n) is 8.80. The van der Waals surface area contributed by atoms with Crippen LogP contribution in [0, 0.1) is 0 Å². The third kappa shape index (κ3) is 5.28. The first-order chi connectivity index (χ1) is 7.57. The van der Waals surface area contributed by atoms with Crippen molar-refractivity contribution in [2.75, 3.05) is 22.0 Å². The van der Waals surface area contributed by atoms with Gasteiger partial charge in [0.2, 0.25) is 20.0 Å². The van der Waals surface area contributed by atoms with Crippen LogP contribution in [0.4, 0.5) is 11.6 Å². The molecule has 0 bridgehead atoms. The van der Waals surface area contributed by atoms with Crippen molar-refractivity contribution in [1.82, 2.24) is 9.97 Å². The standard InChI is InChI=1S/C6H9BrN4O4S2/c1-16(12,13)10-5-6(11-17(2,14)15)9-4(7)3-8-5/h3H,1-2H3,(H,8,10)(H,9,11). The molecule has 11 heteroatoms. The lowest BCUT2D eigenvalue weighted by atomic mass is 10.6. The van der Waals surface area contributed by atoms with Gasteiger partial charge in [0, 0.05) is 0 Å². The summed E-state index contributed by atoms with van der Waals surface area (Å²) in [4.78, 5) is 7.50. The smallest absolute Gasteiger partial charge is 0.231 e. The van der Waals surface area contributed by atoms with Gasteiger partial charge in [-0.25, -0.2) is 26.8 Å². The minimum absolute atomic E-state index is 0.193. The van der Waals surface area contributed by atoms with E-state index in [2.05, 4.69) is 35.3 Å². The van der Waals surface area contributed by atoms with Crippen LogP contribution in [0.25, 0.3) is 0 Å². The van der Waals surface area contributed by atoms with Gasteiger partial charge in [-0.1, -0.05) is 0 Å². The first-order valence-corrected chi connectivity index (χ1v) is 8.62. The van der Waals surface area contributed by atoms with Gasteiger partial charge in [-0.3, -0.25) is 9.44 Å². The van der Waals surface area contributed by atoms with Gasteiger partial charge in [0.15, 0.2) is 11.6 Å². The molecule has 96 valence electrons. The molecule has 0 fully saturated rings. The average Bonchev–Trinajstić information content (AvgIpc) is 2.05. The molecule has 0 aromatic carbocycles. The number of halogens is 1. The van der Waals surface area contributed by atoms with Crippen LogP contribution in [0.3, 0.4) is 0 Å². The number of rotatable bonds is 4. The zero-order valence-corrected chi connectivity index (χ0v) is 12.0. The molecule has 0 aliphatic heterocycles. The lowest BCUT2D eigenvalue weighted by Gasteiger charge is -2.09. The van der Waals surface area contributed by atoms with Crippen molar-refractivity contribution >= 4 is 47.6 Å². The Morgan fingerprint density at radius 1 is 1.06 bits per heavy atom. The number of nitrogens with zero attached hydrogens (tertiary/aromatic N) is 2. The van der Waals surface area contributed by atoms with Crippen LogP contribution in [0.1, 0.15) is 0 Å². The highest BCUT2D eigenvalue weighted by Crippen LogP contribution is 2.20. The Kier molecular flexibility index (Phi) is 3.94. The van der Waals surface area contributed by atoms with Gasteiger partial charge in [-0.15, -0.1) is 0 Å². The molecule has 1 heterocycles. The molecule has 0 radical (unpaired) electrons. The zero-order chi connectivity index (χ0) is 13.3. The maximum Gasteiger partial charge on any atom is 0.231 e. The van der Waals surface area contributed by atoms with Crippen molar-refractivity contribution in [2.24, 2.45) is 0 Å². The highest BCUT2D eigenvalue weighted by Gasteiger charge is 2.14. The monoisotopic (exact) mass is 344 g/mol. The molecule has 0 amide bonds. The molecule has 0 aliphatic rings. The van der Waals surface area contributed by atoms with E-state index in [1.54, 1.807) is 0 Å². The lowest BCUT2D eigenvalue weighted by molar-refractivity contribution is 0.604. The molecule has 0 spiro atoms. The average molecular weight is 345 g/mol. The fraction of sp³-hybridized carbons (Fsp3) is 0.333. The molecule has 0 unspecified atom stereocenters. The van der Waals surface area contributed by atoms with Gasteiger partial charge in [0.05, 0.1) is 18.7 Å². The molecule has 1 rings (SSSR count). The van der Waals surface area contributed by atoms with Crippen LogP contribution in [-0.2, 0) is 20.0 Å². The second-order valence-corrected chi connectivity index (χ2v) is 7.45. The molecule has 1 aromatic rings. The highest BCUT2D eigenvalue weighted by atomic mass is 79.9. The summed E-state index contributed by atoms with van der Waals surface area (Å²) in [5, 5.41) is 0. The Morgan fingerprint density at radius 3 is 2.00 bits per heavy atom. The second kappa shape index (κ2) is 4.74. The van der Waals surface area contributed by atoms with Gasteiger partial charge in [0.1, 0.15) is 4.60 Å². The number of anilines is 2. The van der Waals surface area contributed by atoms with E-state index < -0.39 is 20.0 Å². The molecule has 8 nitrogen and oxygen atoms in total. The fourth-order valence-corrected chi connectivity index (χ4v) is 2.14. The Hall–Kier alpha value is -0.940. The summed E-state index contributed by atoms with van der Waals surface area (Å²) in [6.07, 6.45) is 3.07. The minimum atomic E-state index is -3.58. The molecule has 0 aliphatic carbocycles. The van der Waals surface area contributed by atoms with E-state index in [1.165, 1.54) is 6.20 Å². The molecule has 0 atom stereocenters. The maximum absolute atomic E-state index is 11.1. The third-order valence-electron chi connectivity index (χ3n) is 1.31. The van der Waals surface area contributed by atoms with Gasteiger partial charge in [-0.05, 0) is 15.9 Å². The number of aromatic nitrogens is 2. The largest absolute Gasteiger partial charge is 0.264 e. The Balaban J connectivity index is 3.22. The van der Waals surface area contributed by atoms with E-state index in [4.69, 9.17) is 0 Å². The van der Waals surface area contributed by atoms with Crippen LogP contribution in [0.15, 0.2) is 10.8 Å². The van der Waals surface area contributed by atoms with E-state index in [0.717, 1.165) is 12.5 Å². The predicted octanol–water partition coefficient (Wildman–Crippen LogP) is -0.0179. The van der Waals surface area contributed by atoms with Crippen molar-refractivity contribution in [2.45, 2.75) is 0 Å². The Morgan fingerprint density at radius 2 is 1.53 bits per heavy atom. The van der Waals surface area contributed by atoms with Crippen molar-refractivity contribution < 1.29 is 16.8 Å². The fourth-order valence-electron chi connectivity index (χ4n) is 0.865. The summed E-state index contributed by atoms with van der Waals surface area (Å²) in [7, 11) is -7.15. The summed E-state index contributed by atoms with van der Waals surface area (Å²) in [6, 6.07) is 0. The van der Waals surface area contributed by atoms with Gasteiger partial charge < -0.3 is 0 Å². The van der Waals surface area contributed by atoms with Gasteiger partial charge >= 0.3 is 0 Å². The van der Waals surface area contributed by atoms with E-state index >= 15 is 0 Å². The Bertz CT molecular complexity index is 627. The molecular weight excluding hydrogens is 336 g/mol. The third-order valence-corrected chi connectivity index (χ3v) is 2.82. The molecule has 0 saturated heterocycles. The molecule has 0 saturated carbocycles. The summed E-state index contributed by atoms with van der Waals surface area (Å²) < 4.78 is 48.6. The number of hydrogen-bond donors (Lipinski definition) is 2. The van der Waals surface area contributed by atoms with Crippen molar-refractivity contribution in [1.29, 1.82) is 0 Å². The lowest BCUT2D eigenvalue weighted by Crippen LogP contribution is -2.17. The Labute approximate surface area is 107 Å². The van der Waals surface area contributed by atoms with Crippen molar-refractivity contribution in [3.8, 4) is 0 Å². The molecular formula is C6H9BrN4O4S2. The van der Waals surface area contributed by atoms with E-state index in [9.17, 15) is 16.8 Å². The molecule has 1 aromatic heterocycles. The normalized spacial score (nSPS) is 12.2. The number of hydrogen-bond acceptors (Lipinski definition) is 6. The van der Waals surface area contributed by atoms with Crippen LogP contribution in [-0.4, -0.2) is 39.3 Å². The quantitative estimate of drug-likeness (QED) is 0.792. The summed E-state index contributed by atoms with van der Waals surface area (Å²) >= 11 is 3.00. The number of nitrogens with one attached hydrogen (secondary N) is 2. The topological polar surface area (TPSA) is 118 Å². The SMILES string of the molecule is CS(=O)(=O)Nc1ncc(Br)nc1NS(C)(=O)=O.